The first-order chi connectivity index (χ1) is 12.0. The third kappa shape index (κ3) is 5.93. The molecule has 1 amide bonds. The number of anilines is 1. The summed E-state index contributed by atoms with van der Waals surface area (Å²) >= 11 is 2.13. The van der Waals surface area contributed by atoms with Crippen LogP contribution in [0.4, 0.5) is 5.69 Å². The highest BCUT2D eigenvalue weighted by Gasteiger charge is 2.06. The van der Waals surface area contributed by atoms with E-state index in [0.29, 0.717) is 5.75 Å². The first-order valence-corrected chi connectivity index (χ1v) is 8.63. The number of amides is 1. The Hall–Kier alpha value is -2.29. The number of carbonyl (C=O) groups is 1. The molecule has 0 saturated carbocycles. The average molecular weight is 453 g/mol. The van der Waals surface area contributed by atoms with E-state index >= 15 is 0 Å². The summed E-state index contributed by atoms with van der Waals surface area (Å²) in [7, 11) is 5.56. The summed E-state index contributed by atoms with van der Waals surface area (Å²) in [6, 6.07) is 13.2. The van der Waals surface area contributed by atoms with Gasteiger partial charge in [-0.3, -0.25) is 4.79 Å². The molecule has 0 spiro atoms. The van der Waals surface area contributed by atoms with Crippen molar-refractivity contribution in [2.24, 2.45) is 5.10 Å². The van der Waals surface area contributed by atoms with E-state index in [9.17, 15) is 4.79 Å². The van der Waals surface area contributed by atoms with Gasteiger partial charge in [-0.1, -0.05) is 12.1 Å². The van der Waals surface area contributed by atoms with E-state index in [1.54, 1.807) is 25.5 Å². The topological polar surface area (TPSA) is 63.2 Å². The molecule has 0 bridgehead atoms. The first-order valence-electron chi connectivity index (χ1n) is 7.55. The molecule has 0 atom stereocenters. The number of hydrogen-bond acceptors (Lipinski definition) is 5. The Morgan fingerprint density at radius 3 is 2.56 bits per heavy atom. The second-order valence-corrected chi connectivity index (χ2v) is 6.53. The van der Waals surface area contributed by atoms with Gasteiger partial charge in [-0.2, -0.15) is 5.10 Å². The van der Waals surface area contributed by atoms with Crippen molar-refractivity contribution >= 4 is 40.4 Å². The molecule has 7 heteroatoms. The van der Waals surface area contributed by atoms with Gasteiger partial charge in [0.25, 0.3) is 5.91 Å². The van der Waals surface area contributed by atoms with Gasteiger partial charge >= 0.3 is 0 Å². The van der Waals surface area contributed by atoms with E-state index in [-0.39, 0.29) is 12.5 Å². The van der Waals surface area contributed by atoms with Crippen LogP contribution in [-0.4, -0.2) is 39.9 Å². The lowest BCUT2D eigenvalue weighted by molar-refractivity contribution is -0.123. The number of hydrogen-bond donors (Lipinski definition) is 1. The number of rotatable bonds is 7. The zero-order chi connectivity index (χ0) is 18.2. The number of methoxy groups -OCH3 is 1. The molecule has 0 aromatic heterocycles. The quantitative estimate of drug-likeness (QED) is 0.398. The van der Waals surface area contributed by atoms with Gasteiger partial charge in [0, 0.05) is 19.8 Å². The maximum absolute atomic E-state index is 11.8. The summed E-state index contributed by atoms with van der Waals surface area (Å²) in [5.41, 5.74) is 4.45. The molecule has 2 aromatic rings. The summed E-state index contributed by atoms with van der Waals surface area (Å²) in [4.78, 5) is 13.8. The summed E-state index contributed by atoms with van der Waals surface area (Å²) < 4.78 is 11.5. The number of nitrogens with one attached hydrogen (secondary N) is 1. The van der Waals surface area contributed by atoms with Gasteiger partial charge in [0.15, 0.2) is 6.61 Å². The van der Waals surface area contributed by atoms with E-state index in [0.717, 1.165) is 20.6 Å². The molecule has 0 unspecified atom stereocenters. The Morgan fingerprint density at radius 2 is 1.96 bits per heavy atom. The zero-order valence-electron chi connectivity index (χ0n) is 14.3. The highest BCUT2D eigenvalue weighted by Crippen LogP contribution is 2.25. The molecule has 1 N–H and O–H groups in total. The molecule has 0 radical (unpaired) electrons. The molecule has 2 rings (SSSR count). The molecular weight excluding hydrogens is 433 g/mol. The zero-order valence-corrected chi connectivity index (χ0v) is 16.5. The van der Waals surface area contributed by atoms with Crippen molar-refractivity contribution in [2.75, 3.05) is 32.7 Å². The lowest BCUT2D eigenvalue weighted by Crippen LogP contribution is -2.24. The monoisotopic (exact) mass is 453 g/mol. The minimum atomic E-state index is -0.326. The highest BCUT2D eigenvalue weighted by molar-refractivity contribution is 14.1. The standard InChI is InChI=1S/C18H20IN3O3/c1-22(2)14-6-4-13(5-7-14)11-20-21-18(23)12-25-17-9-8-15(24-3)10-16(17)19/h4-11H,12H2,1-3H3,(H,21,23). The number of carbonyl (C=O) groups excluding carboxylic acids is 1. The molecule has 0 heterocycles. The van der Waals surface area contributed by atoms with Crippen LogP contribution in [0.5, 0.6) is 11.5 Å². The third-order valence-corrected chi connectivity index (χ3v) is 4.15. The van der Waals surface area contributed by atoms with Crippen LogP contribution in [0.3, 0.4) is 0 Å². The van der Waals surface area contributed by atoms with Gasteiger partial charge in [-0.05, 0) is 58.5 Å². The molecule has 6 nitrogen and oxygen atoms in total. The molecule has 0 aliphatic rings. The van der Waals surface area contributed by atoms with Crippen LogP contribution in [0.15, 0.2) is 47.6 Å². The SMILES string of the molecule is COc1ccc(OCC(=O)NN=Cc2ccc(N(C)C)cc2)c(I)c1. The van der Waals surface area contributed by atoms with Crippen molar-refractivity contribution in [1.29, 1.82) is 0 Å². The first kappa shape index (κ1) is 19.0. The predicted octanol–water partition coefficient (Wildman–Crippen LogP) is 2.89. The number of hydrazone groups is 1. The van der Waals surface area contributed by atoms with Crippen molar-refractivity contribution in [3.63, 3.8) is 0 Å². The van der Waals surface area contributed by atoms with Gasteiger partial charge in [0.1, 0.15) is 11.5 Å². The Labute approximate surface area is 161 Å². The molecule has 132 valence electrons. The van der Waals surface area contributed by atoms with Crippen LogP contribution in [0.2, 0.25) is 0 Å². The molecule has 25 heavy (non-hydrogen) atoms. The summed E-state index contributed by atoms with van der Waals surface area (Å²) in [5.74, 6) is 1.04. The number of halogens is 1. The minimum absolute atomic E-state index is 0.112. The van der Waals surface area contributed by atoms with Gasteiger partial charge in [-0.15, -0.1) is 0 Å². The van der Waals surface area contributed by atoms with Gasteiger partial charge in [0.2, 0.25) is 0 Å². The second kappa shape index (κ2) is 9.26. The summed E-state index contributed by atoms with van der Waals surface area (Å²) in [6.45, 7) is -0.112. The number of nitrogens with zero attached hydrogens (tertiary/aromatic N) is 2. The fourth-order valence-electron chi connectivity index (χ4n) is 1.94. The van der Waals surface area contributed by atoms with E-state index in [1.807, 2.05) is 49.3 Å². The highest BCUT2D eigenvalue weighted by atomic mass is 127. The lowest BCUT2D eigenvalue weighted by atomic mass is 10.2. The van der Waals surface area contributed by atoms with Gasteiger partial charge in [-0.25, -0.2) is 5.43 Å². The van der Waals surface area contributed by atoms with Crippen molar-refractivity contribution in [3.05, 3.63) is 51.6 Å². The molecule has 2 aromatic carbocycles. The van der Waals surface area contributed by atoms with Crippen LogP contribution >= 0.6 is 22.6 Å². The predicted molar refractivity (Wildman–Crippen MR) is 108 cm³/mol. The third-order valence-electron chi connectivity index (χ3n) is 3.31. The Bertz CT molecular complexity index is 746. The maximum Gasteiger partial charge on any atom is 0.277 e. The Kier molecular flexibility index (Phi) is 7.05. The van der Waals surface area contributed by atoms with Crippen LogP contribution in [0.1, 0.15) is 5.56 Å². The Balaban J connectivity index is 1.82. The minimum Gasteiger partial charge on any atom is -0.497 e. The van der Waals surface area contributed by atoms with Gasteiger partial charge in [0.05, 0.1) is 16.9 Å². The number of benzene rings is 2. The smallest absolute Gasteiger partial charge is 0.277 e. The van der Waals surface area contributed by atoms with E-state index in [4.69, 9.17) is 9.47 Å². The van der Waals surface area contributed by atoms with Crippen molar-refractivity contribution < 1.29 is 14.3 Å². The van der Waals surface area contributed by atoms with Crippen LogP contribution in [-0.2, 0) is 4.79 Å². The van der Waals surface area contributed by atoms with Crippen molar-refractivity contribution in [2.45, 2.75) is 0 Å². The molecule has 0 fully saturated rings. The van der Waals surface area contributed by atoms with Gasteiger partial charge < -0.3 is 14.4 Å². The second-order valence-electron chi connectivity index (χ2n) is 5.36. The molecular formula is C18H20IN3O3. The maximum atomic E-state index is 11.8. The van der Waals surface area contributed by atoms with E-state index in [1.165, 1.54) is 0 Å². The van der Waals surface area contributed by atoms with Crippen molar-refractivity contribution in [3.8, 4) is 11.5 Å². The number of ether oxygens (including phenoxy) is 2. The van der Waals surface area contributed by atoms with E-state index in [2.05, 4.69) is 33.1 Å². The average Bonchev–Trinajstić information content (AvgIpc) is 2.61. The van der Waals surface area contributed by atoms with Crippen LogP contribution in [0, 0.1) is 3.57 Å². The summed E-state index contributed by atoms with van der Waals surface area (Å²) in [5, 5.41) is 3.94. The van der Waals surface area contributed by atoms with Crippen molar-refractivity contribution in [1.82, 2.24) is 5.43 Å². The molecule has 0 aliphatic heterocycles. The normalized spacial score (nSPS) is 10.6. The molecule has 0 saturated heterocycles. The molecule has 0 aliphatic carbocycles. The fraction of sp³-hybridized carbons (Fsp3) is 0.222. The van der Waals surface area contributed by atoms with Crippen LogP contribution < -0.4 is 19.8 Å². The van der Waals surface area contributed by atoms with Crippen LogP contribution in [0.25, 0.3) is 0 Å². The largest absolute Gasteiger partial charge is 0.497 e. The summed E-state index contributed by atoms with van der Waals surface area (Å²) in [6.07, 6.45) is 1.59. The lowest BCUT2D eigenvalue weighted by Gasteiger charge is -2.11. The fourth-order valence-corrected chi connectivity index (χ4v) is 2.58. The Morgan fingerprint density at radius 1 is 1.24 bits per heavy atom. The van der Waals surface area contributed by atoms with E-state index < -0.39 is 0 Å².